The van der Waals surface area contributed by atoms with E-state index in [1.54, 1.807) is 0 Å². The van der Waals surface area contributed by atoms with Gasteiger partial charge in [0.05, 0.1) is 4.99 Å². The highest BCUT2D eigenvalue weighted by Gasteiger charge is 2.24. The minimum absolute atomic E-state index is 0.00866. The molecule has 0 amide bonds. The Bertz CT molecular complexity index is 293. The van der Waals surface area contributed by atoms with Gasteiger partial charge in [-0.25, -0.2) is 0 Å². The van der Waals surface area contributed by atoms with Crippen molar-refractivity contribution in [3.63, 3.8) is 0 Å². The van der Waals surface area contributed by atoms with Gasteiger partial charge in [0, 0.05) is 11.5 Å². The average Bonchev–Trinajstić information content (AvgIpc) is 2.86. The summed E-state index contributed by atoms with van der Waals surface area (Å²) in [4.78, 5) is 3.40. The molecule has 0 aromatic carbocycles. The fraction of sp³-hybridized carbons (Fsp3) is 0.941. The summed E-state index contributed by atoms with van der Waals surface area (Å²) in [7, 11) is 0. The predicted octanol–water partition coefficient (Wildman–Crippen LogP) is 4.37. The summed E-state index contributed by atoms with van der Waals surface area (Å²) in [5.41, 5.74) is 5.83. The van der Waals surface area contributed by atoms with E-state index in [9.17, 15) is 0 Å². The maximum absolute atomic E-state index is 5.83. The maximum atomic E-state index is 5.83. The Morgan fingerprint density at radius 3 is 2.35 bits per heavy atom. The molecule has 20 heavy (non-hydrogen) atoms. The second-order valence-corrected chi connectivity index (χ2v) is 7.95. The van der Waals surface area contributed by atoms with Crippen LogP contribution in [0, 0.1) is 11.3 Å². The van der Waals surface area contributed by atoms with Gasteiger partial charge in [0.2, 0.25) is 0 Å². The molecule has 0 aliphatic heterocycles. The van der Waals surface area contributed by atoms with E-state index in [2.05, 4.69) is 32.6 Å². The topological polar surface area (TPSA) is 29.3 Å². The number of hydrogen-bond donors (Lipinski definition) is 1. The summed E-state index contributed by atoms with van der Waals surface area (Å²) < 4.78 is 0. The Kier molecular flexibility index (Phi) is 7.46. The molecular weight excluding hydrogens is 264 g/mol. The molecule has 0 aromatic heterocycles. The first-order chi connectivity index (χ1) is 9.33. The molecule has 0 aromatic rings. The molecule has 0 saturated heterocycles. The second-order valence-electron chi connectivity index (χ2n) is 7.51. The van der Waals surface area contributed by atoms with Crippen molar-refractivity contribution in [2.75, 3.05) is 13.1 Å². The smallest absolute Gasteiger partial charge is 0.0784 e. The van der Waals surface area contributed by atoms with Crippen molar-refractivity contribution in [2.45, 2.75) is 78.7 Å². The number of thiocarbonyl (C=S) groups is 1. The molecule has 1 fully saturated rings. The van der Waals surface area contributed by atoms with Crippen molar-refractivity contribution in [1.82, 2.24) is 4.90 Å². The highest BCUT2D eigenvalue weighted by Crippen LogP contribution is 2.27. The summed E-state index contributed by atoms with van der Waals surface area (Å²) in [6.45, 7) is 11.5. The van der Waals surface area contributed by atoms with Gasteiger partial charge in [-0.1, -0.05) is 52.8 Å². The molecule has 1 saturated carbocycles. The van der Waals surface area contributed by atoms with Crippen LogP contribution in [0.1, 0.15) is 72.6 Å². The molecule has 1 aliphatic carbocycles. The fourth-order valence-electron chi connectivity index (χ4n) is 3.02. The molecule has 1 aliphatic rings. The van der Waals surface area contributed by atoms with Gasteiger partial charge in [-0.15, -0.1) is 0 Å². The first-order valence-electron chi connectivity index (χ1n) is 8.37. The maximum Gasteiger partial charge on any atom is 0.0784 e. The first-order valence-corrected chi connectivity index (χ1v) is 8.77. The Morgan fingerprint density at radius 1 is 1.25 bits per heavy atom. The largest absolute Gasteiger partial charge is 0.393 e. The normalized spacial score (nSPS) is 17.3. The van der Waals surface area contributed by atoms with Gasteiger partial charge in [0.15, 0.2) is 0 Å². The van der Waals surface area contributed by atoms with Gasteiger partial charge >= 0.3 is 0 Å². The zero-order valence-electron chi connectivity index (χ0n) is 14.0. The summed E-state index contributed by atoms with van der Waals surface area (Å²) in [6.07, 6.45) is 9.26. The van der Waals surface area contributed by atoms with E-state index in [1.165, 1.54) is 51.6 Å². The molecular formula is C17H34N2S. The van der Waals surface area contributed by atoms with Gasteiger partial charge in [0.25, 0.3) is 0 Å². The van der Waals surface area contributed by atoms with Crippen LogP contribution in [0.2, 0.25) is 0 Å². The lowest BCUT2D eigenvalue weighted by Crippen LogP contribution is -2.37. The summed E-state index contributed by atoms with van der Waals surface area (Å²) in [5, 5.41) is 0. The van der Waals surface area contributed by atoms with Crippen LogP contribution in [0.15, 0.2) is 0 Å². The van der Waals surface area contributed by atoms with Crippen molar-refractivity contribution in [1.29, 1.82) is 0 Å². The van der Waals surface area contributed by atoms with E-state index in [-0.39, 0.29) is 5.41 Å². The zero-order chi connectivity index (χ0) is 15.2. The van der Waals surface area contributed by atoms with Crippen LogP contribution >= 0.6 is 12.2 Å². The predicted molar refractivity (Wildman–Crippen MR) is 93.1 cm³/mol. The van der Waals surface area contributed by atoms with Crippen LogP contribution in [-0.2, 0) is 0 Å². The van der Waals surface area contributed by atoms with Crippen molar-refractivity contribution in [3.8, 4) is 0 Å². The lowest BCUT2D eigenvalue weighted by atomic mass is 9.87. The number of nitrogens with zero attached hydrogens (tertiary/aromatic N) is 1. The number of nitrogens with two attached hydrogens (primary N) is 1. The highest BCUT2D eigenvalue weighted by molar-refractivity contribution is 7.80. The third-order valence-electron chi connectivity index (χ3n) is 4.75. The van der Waals surface area contributed by atoms with Crippen LogP contribution < -0.4 is 5.73 Å². The van der Waals surface area contributed by atoms with Gasteiger partial charge in [-0.3, -0.25) is 0 Å². The quantitative estimate of drug-likeness (QED) is 0.641. The van der Waals surface area contributed by atoms with E-state index < -0.39 is 0 Å². The van der Waals surface area contributed by atoms with E-state index in [1.807, 2.05) is 0 Å². The van der Waals surface area contributed by atoms with Crippen LogP contribution in [0.4, 0.5) is 0 Å². The molecule has 2 N–H and O–H groups in total. The molecule has 118 valence electrons. The Morgan fingerprint density at radius 2 is 1.85 bits per heavy atom. The second kappa shape index (κ2) is 8.33. The molecule has 0 bridgehead atoms. The number of rotatable bonds is 9. The number of hydrogen-bond acceptors (Lipinski definition) is 2. The van der Waals surface area contributed by atoms with Gasteiger partial charge in [-0.05, 0) is 51.1 Å². The first kappa shape index (κ1) is 17.9. The van der Waals surface area contributed by atoms with Crippen LogP contribution in [0.5, 0.6) is 0 Å². The molecule has 3 heteroatoms. The molecule has 0 unspecified atom stereocenters. The van der Waals surface area contributed by atoms with E-state index in [4.69, 9.17) is 18.0 Å². The molecule has 0 radical (unpaired) electrons. The van der Waals surface area contributed by atoms with Crippen molar-refractivity contribution < 1.29 is 0 Å². The monoisotopic (exact) mass is 298 g/mol. The average molecular weight is 299 g/mol. The Balaban J connectivity index is 2.41. The minimum atomic E-state index is 0.00866. The van der Waals surface area contributed by atoms with Crippen molar-refractivity contribution >= 4 is 17.2 Å². The molecule has 0 atom stereocenters. The van der Waals surface area contributed by atoms with E-state index in [0.29, 0.717) is 4.99 Å². The van der Waals surface area contributed by atoms with Crippen LogP contribution in [-0.4, -0.2) is 29.0 Å². The Labute approximate surface area is 131 Å². The molecule has 1 rings (SSSR count). The van der Waals surface area contributed by atoms with Crippen molar-refractivity contribution in [2.24, 2.45) is 17.1 Å². The third-order valence-corrected chi connectivity index (χ3v) is 5.30. The van der Waals surface area contributed by atoms with Gasteiger partial charge in [0.1, 0.15) is 0 Å². The highest BCUT2D eigenvalue weighted by atomic mass is 32.1. The summed E-state index contributed by atoms with van der Waals surface area (Å²) in [6, 6.07) is 0.835. The van der Waals surface area contributed by atoms with Crippen molar-refractivity contribution in [3.05, 3.63) is 0 Å². The van der Waals surface area contributed by atoms with Crippen LogP contribution in [0.3, 0.4) is 0 Å². The SMILES string of the molecule is CC(C)CCN(CCCC(C)(C)C(N)=S)C1CCCC1. The van der Waals surface area contributed by atoms with Crippen LogP contribution in [0.25, 0.3) is 0 Å². The lowest BCUT2D eigenvalue weighted by Gasteiger charge is -2.31. The van der Waals surface area contributed by atoms with Gasteiger partial charge < -0.3 is 10.6 Å². The summed E-state index contributed by atoms with van der Waals surface area (Å²) >= 11 is 5.17. The molecule has 2 nitrogen and oxygen atoms in total. The summed E-state index contributed by atoms with van der Waals surface area (Å²) in [5.74, 6) is 0.798. The van der Waals surface area contributed by atoms with E-state index in [0.717, 1.165) is 18.4 Å². The van der Waals surface area contributed by atoms with Gasteiger partial charge in [-0.2, -0.15) is 0 Å². The molecule has 0 spiro atoms. The lowest BCUT2D eigenvalue weighted by molar-refractivity contribution is 0.180. The Hall–Kier alpha value is -0.150. The third kappa shape index (κ3) is 6.09. The minimum Gasteiger partial charge on any atom is -0.393 e. The fourth-order valence-corrected chi connectivity index (χ4v) is 3.12. The zero-order valence-corrected chi connectivity index (χ0v) is 14.8. The molecule has 0 heterocycles. The standard InChI is InChI=1S/C17H34N2S/c1-14(2)10-13-19(15-8-5-6-9-15)12-7-11-17(3,4)16(18)20/h14-15H,5-13H2,1-4H3,(H2,18,20). The van der Waals surface area contributed by atoms with E-state index >= 15 is 0 Å².